The van der Waals surface area contributed by atoms with Crippen LogP contribution in [0, 0.1) is 10.1 Å². The molecule has 8 heteroatoms. The lowest BCUT2D eigenvalue weighted by molar-refractivity contribution is -0.384. The van der Waals surface area contributed by atoms with E-state index in [0.29, 0.717) is 22.6 Å². The molecule has 1 heterocycles. The van der Waals surface area contributed by atoms with E-state index in [9.17, 15) is 19.7 Å². The number of hydrogen-bond acceptors (Lipinski definition) is 5. The minimum absolute atomic E-state index is 0.000280. The van der Waals surface area contributed by atoms with Crippen molar-refractivity contribution in [2.45, 2.75) is 0 Å². The maximum Gasteiger partial charge on any atom is 0.269 e. The number of nitro benzene ring substituents is 1. The molecule has 0 fully saturated rings. The summed E-state index contributed by atoms with van der Waals surface area (Å²) < 4.78 is 5.74. The van der Waals surface area contributed by atoms with Crippen molar-refractivity contribution in [2.24, 2.45) is 0 Å². The van der Waals surface area contributed by atoms with Crippen molar-refractivity contribution >= 4 is 23.6 Å². The Morgan fingerprint density at radius 2 is 1.74 bits per heavy atom. The zero-order chi connectivity index (χ0) is 22.2. The van der Waals surface area contributed by atoms with Crippen LogP contribution in [0.1, 0.15) is 16.1 Å². The Balaban J connectivity index is 1.85. The van der Waals surface area contributed by atoms with Crippen molar-refractivity contribution in [2.75, 3.05) is 6.54 Å². The Labute approximate surface area is 178 Å². The van der Waals surface area contributed by atoms with E-state index >= 15 is 0 Å². The minimum atomic E-state index is -0.502. The van der Waals surface area contributed by atoms with Crippen LogP contribution >= 0.6 is 0 Å². The standard InChI is InChI=1S/C23H19N3O5/c1-2-14-24-23(28)20(25-22(27)17-6-4-3-5-7-17)15-19-12-13-21(31-19)16-8-10-18(11-9-16)26(29)30/h2-13,15H,1,14H2,(H,24,28)(H,25,27)/b20-15-. The van der Waals surface area contributed by atoms with Crippen molar-refractivity contribution in [3.8, 4) is 11.3 Å². The summed E-state index contributed by atoms with van der Waals surface area (Å²) in [7, 11) is 0. The lowest BCUT2D eigenvalue weighted by Crippen LogP contribution is -2.34. The molecular formula is C23H19N3O5. The molecule has 1 aromatic heterocycles. The summed E-state index contributed by atoms with van der Waals surface area (Å²) in [6, 6.07) is 17.7. The summed E-state index contributed by atoms with van der Waals surface area (Å²) in [6.07, 6.45) is 2.93. The van der Waals surface area contributed by atoms with Crippen LogP contribution < -0.4 is 10.6 Å². The quantitative estimate of drug-likeness (QED) is 0.249. The number of nitro groups is 1. The van der Waals surface area contributed by atoms with Gasteiger partial charge in [-0.1, -0.05) is 24.3 Å². The van der Waals surface area contributed by atoms with Crippen LogP contribution in [-0.2, 0) is 4.79 Å². The van der Waals surface area contributed by atoms with Gasteiger partial charge in [0.05, 0.1) is 4.92 Å². The molecule has 0 radical (unpaired) electrons. The van der Waals surface area contributed by atoms with Gasteiger partial charge in [-0.2, -0.15) is 0 Å². The number of nitrogens with zero attached hydrogens (tertiary/aromatic N) is 1. The summed E-state index contributed by atoms with van der Waals surface area (Å²) in [5, 5.41) is 16.0. The van der Waals surface area contributed by atoms with Gasteiger partial charge >= 0.3 is 0 Å². The molecule has 0 bridgehead atoms. The lowest BCUT2D eigenvalue weighted by Gasteiger charge is -2.09. The van der Waals surface area contributed by atoms with Gasteiger partial charge in [-0.3, -0.25) is 19.7 Å². The first-order valence-electron chi connectivity index (χ1n) is 9.30. The van der Waals surface area contributed by atoms with E-state index in [4.69, 9.17) is 4.42 Å². The predicted octanol–water partition coefficient (Wildman–Crippen LogP) is 3.93. The van der Waals surface area contributed by atoms with Gasteiger partial charge in [0.1, 0.15) is 17.2 Å². The molecule has 31 heavy (non-hydrogen) atoms. The summed E-state index contributed by atoms with van der Waals surface area (Å²) in [6.45, 7) is 3.78. The third-order valence-electron chi connectivity index (χ3n) is 4.21. The number of benzene rings is 2. The predicted molar refractivity (Wildman–Crippen MR) is 116 cm³/mol. The Hall–Kier alpha value is -4.46. The number of furan rings is 1. The molecule has 0 aliphatic carbocycles. The molecule has 0 aliphatic heterocycles. The molecule has 0 saturated carbocycles. The molecule has 0 atom stereocenters. The average Bonchev–Trinajstić information content (AvgIpc) is 3.26. The minimum Gasteiger partial charge on any atom is -0.457 e. The van der Waals surface area contributed by atoms with Crippen LogP contribution in [0.25, 0.3) is 17.4 Å². The summed E-state index contributed by atoms with van der Waals surface area (Å²) >= 11 is 0. The van der Waals surface area contributed by atoms with E-state index in [1.54, 1.807) is 54.6 Å². The molecule has 3 rings (SSSR count). The molecule has 0 aliphatic rings. The fraction of sp³-hybridized carbons (Fsp3) is 0.0435. The first-order chi connectivity index (χ1) is 15.0. The Bertz CT molecular complexity index is 1130. The lowest BCUT2D eigenvalue weighted by atomic mass is 10.1. The number of non-ortho nitro benzene ring substituents is 1. The van der Waals surface area contributed by atoms with Crippen molar-refractivity contribution in [3.63, 3.8) is 0 Å². The highest BCUT2D eigenvalue weighted by Gasteiger charge is 2.15. The second-order valence-corrected chi connectivity index (χ2v) is 6.38. The zero-order valence-corrected chi connectivity index (χ0v) is 16.4. The fourth-order valence-corrected chi connectivity index (χ4v) is 2.68. The van der Waals surface area contributed by atoms with Crippen LogP contribution in [0.5, 0.6) is 0 Å². The van der Waals surface area contributed by atoms with Gasteiger partial charge in [0.2, 0.25) is 0 Å². The smallest absolute Gasteiger partial charge is 0.269 e. The molecule has 2 amide bonds. The van der Waals surface area contributed by atoms with Gasteiger partial charge in [-0.05, 0) is 36.4 Å². The van der Waals surface area contributed by atoms with E-state index < -0.39 is 16.7 Å². The first kappa shape index (κ1) is 21.3. The highest BCUT2D eigenvalue weighted by molar-refractivity contribution is 6.05. The van der Waals surface area contributed by atoms with E-state index in [1.807, 2.05) is 0 Å². The number of carbonyl (C=O) groups is 2. The third-order valence-corrected chi connectivity index (χ3v) is 4.21. The van der Waals surface area contributed by atoms with E-state index in [-0.39, 0.29) is 17.9 Å². The summed E-state index contributed by atoms with van der Waals surface area (Å²) in [5.74, 6) is -0.160. The molecule has 3 aromatic rings. The highest BCUT2D eigenvalue weighted by atomic mass is 16.6. The second-order valence-electron chi connectivity index (χ2n) is 6.38. The molecule has 0 saturated heterocycles. The molecular weight excluding hydrogens is 398 g/mol. The molecule has 156 valence electrons. The fourth-order valence-electron chi connectivity index (χ4n) is 2.68. The summed E-state index contributed by atoms with van der Waals surface area (Å²) in [4.78, 5) is 35.3. The Morgan fingerprint density at radius 1 is 1.03 bits per heavy atom. The van der Waals surface area contributed by atoms with E-state index in [0.717, 1.165) is 0 Å². The molecule has 0 unspecified atom stereocenters. The maximum atomic E-state index is 12.5. The summed E-state index contributed by atoms with van der Waals surface area (Å²) in [5.41, 5.74) is 1.01. The maximum absolute atomic E-state index is 12.5. The Morgan fingerprint density at radius 3 is 2.39 bits per heavy atom. The van der Waals surface area contributed by atoms with Gasteiger partial charge in [0, 0.05) is 35.9 Å². The number of hydrogen-bond donors (Lipinski definition) is 2. The molecule has 0 spiro atoms. The monoisotopic (exact) mass is 417 g/mol. The van der Waals surface area contributed by atoms with Crippen LogP contribution in [0.4, 0.5) is 5.69 Å². The van der Waals surface area contributed by atoms with Crippen LogP contribution in [0.15, 0.2) is 89.5 Å². The normalized spacial score (nSPS) is 10.9. The molecule has 8 nitrogen and oxygen atoms in total. The zero-order valence-electron chi connectivity index (χ0n) is 16.4. The van der Waals surface area contributed by atoms with Crippen molar-refractivity contribution < 1.29 is 18.9 Å². The van der Waals surface area contributed by atoms with Crippen LogP contribution in [0.2, 0.25) is 0 Å². The van der Waals surface area contributed by atoms with Gasteiger partial charge in [-0.25, -0.2) is 0 Å². The van der Waals surface area contributed by atoms with Gasteiger partial charge in [0.25, 0.3) is 17.5 Å². The third kappa shape index (κ3) is 5.54. The Kier molecular flexibility index (Phi) is 6.74. The topological polar surface area (TPSA) is 114 Å². The van der Waals surface area contributed by atoms with Crippen molar-refractivity contribution in [1.29, 1.82) is 0 Å². The first-order valence-corrected chi connectivity index (χ1v) is 9.30. The van der Waals surface area contributed by atoms with Gasteiger partial charge in [0.15, 0.2) is 0 Å². The number of nitrogens with one attached hydrogen (secondary N) is 2. The largest absolute Gasteiger partial charge is 0.457 e. The van der Waals surface area contributed by atoms with Crippen LogP contribution in [0.3, 0.4) is 0 Å². The number of carbonyl (C=O) groups excluding carboxylic acids is 2. The van der Waals surface area contributed by atoms with Crippen molar-refractivity contribution in [1.82, 2.24) is 10.6 Å². The molecule has 2 aromatic carbocycles. The highest BCUT2D eigenvalue weighted by Crippen LogP contribution is 2.25. The molecule has 2 N–H and O–H groups in total. The van der Waals surface area contributed by atoms with Crippen LogP contribution in [-0.4, -0.2) is 23.3 Å². The number of amides is 2. The number of rotatable bonds is 8. The van der Waals surface area contributed by atoms with Gasteiger partial charge in [-0.15, -0.1) is 6.58 Å². The SMILES string of the molecule is C=CCNC(=O)/C(=C/c1ccc(-c2ccc([N+](=O)[O-])cc2)o1)NC(=O)c1ccccc1. The van der Waals surface area contributed by atoms with Gasteiger partial charge < -0.3 is 15.1 Å². The second kappa shape index (κ2) is 9.84. The van der Waals surface area contributed by atoms with Crippen molar-refractivity contribution in [3.05, 3.63) is 107 Å². The van der Waals surface area contributed by atoms with E-state index in [2.05, 4.69) is 17.2 Å². The average molecular weight is 417 g/mol. The van der Waals surface area contributed by atoms with E-state index in [1.165, 1.54) is 24.3 Å².